The molecule has 2 rings (SSSR count). The smallest absolute Gasteiger partial charge is 0.307 e. The Bertz CT molecular complexity index is 495. The first-order valence-electron chi connectivity index (χ1n) is 3.85. The van der Waals surface area contributed by atoms with Crippen LogP contribution in [0.15, 0.2) is 27.5 Å². The van der Waals surface area contributed by atoms with Gasteiger partial charge in [0.1, 0.15) is 5.52 Å². The Kier molecular flexibility index (Phi) is 2.48. The van der Waals surface area contributed by atoms with Crippen molar-refractivity contribution in [2.45, 2.75) is 4.90 Å². The quantitative estimate of drug-likeness (QED) is 0.585. The Morgan fingerprint density at radius 1 is 1.57 bits per heavy atom. The predicted octanol–water partition coefficient (Wildman–Crippen LogP) is 2.93. The molecule has 0 aliphatic rings. The number of oxazole rings is 1. The van der Waals surface area contributed by atoms with Crippen LogP contribution in [0.4, 0.5) is 0 Å². The summed E-state index contributed by atoms with van der Waals surface area (Å²) in [7, 11) is 0. The summed E-state index contributed by atoms with van der Waals surface area (Å²) in [5, 5.41) is -0.673. The van der Waals surface area contributed by atoms with Crippen molar-refractivity contribution in [2.75, 3.05) is 6.26 Å². The fourth-order valence-electron chi connectivity index (χ4n) is 1.17. The highest BCUT2D eigenvalue weighted by Crippen LogP contribution is 2.26. The van der Waals surface area contributed by atoms with Gasteiger partial charge in [-0.05, 0) is 30.0 Å². The van der Waals surface area contributed by atoms with Gasteiger partial charge in [-0.15, -0.1) is 11.8 Å². The van der Waals surface area contributed by atoms with Gasteiger partial charge in [0.2, 0.25) is 0 Å². The molecule has 0 saturated heterocycles. The fraction of sp³-hybridized carbons (Fsp3) is 0.111. The third-order valence-corrected chi connectivity index (χ3v) is 2.70. The number of hydrogen-bond donors (Lipinski definition) is 0. The van der Waals surface area contributed by atoms with Crippen LogP contribution in [-0.4, -0.2) is 16.5 Å². The summed E-state index contributed by atoms with van der Waals surface area (Å²) in [5.74, 6) is -0.0526. The zero-order chi connectivity index (χ0) is 10.1. The Balaban J connectivity index is 2.70. The zero-order valence-corrected chi connectivity index (χ0v) is 8.85. The molecular weight excluding hydrogens is 222 g/mol. The largest absolute Gasteiger partial charge is 0.433 e. The van der Waals surface area contributed by atoms with Crippen LogP contribution in [0.2, 0.25) is 0 Å². The maximum atomic E-state index is 10.8. The van der Waals surface area contributed by atoms with E-state index in [0.29, 0.717) is 11.1 Å². The summed E-state index contributed by atoms with van der Waals surface area (Å²) in [6.45, 7) is 0. The van der Waals surface area contributed by atoms with Crippen LogP contribution in [0, 0.1) is 0 Å². The highest BCUT2D eigenvalue weighted by Gasteiger charge is 2.13. The average molecular weight is 228 g/mol. The Morgan fingerprint density at radius 2 is 2.36 bits per heavy atom. The number of carbonyl (C=O) groups is 1. The molecule has 0 bridgehead atoms. The second-order valence-electron chi connectivity index (χ2n) is 2.60. The minimum Gasteiger partial charge on any atom is -0.433 e. The minimum atomic E-state index is -0.673. The van der Waals surface area contributed by atoms with Crippen LogP contribution < -0.4 is 0 Å². The monoisotopic (exact) mass is 227 g/mol. The number of hydrogen-bond acceptors (Lipinski definition) is 4. The molecule has 1 heterocycles. The number of para-hydroxylation sites is 1. The maximum Gasteiger partial charge on any atom is 0.307 e. The van der Waals surface area contributed by atoms with Gasteiger partial charge in [-0.1, -0.05) is 6.07 Å². The van der Waals surface area contributed by atoms with Crippen LogP contribution in [0.5, 0.6) is 0 Å². The number of thioether (sulfide) groups is 1. The molecule has 5 heteroatoms. The SMILES string of the molecule is CSc1cccc2oc(C(=O)Cl)nc12. The topological polar surface area (TPSA) is 43.1 Å². The van der Waals surface area contributed by atoms with E-state index in [1.807, 2.05) is 18.4 Å². The molecule has 0 unspecified atom stereocenters. The van der Waals surface area contributed by atoms with E-state index in [9.17, 15) is 4.79 Å². The summed E-state index contributed by atoms with van der Waals surface area (Å²) in [6, 6.07) is 5.52. The van der Waals surface area contributed by atoms with E-state index in [-0.39, 0.29) is 5.89 Å². The number of halogens is 1. The summed E-state index contributed by atoms with van der Waals surface area (Å²) in [4.78, 5) is 15.8. The number of rotatable bonds is 2. The first-order chi connectivity index (χ1) is 6.72. The molecule has 0 aliphatic heterocycles. The van der Waals surface area contributed by atoms with E-state index in [4.69, 9.17) is 16.0 Å². The summed E-state index contributed by atoms with van der Waals surface area (Å²) in [6.07, 6.45) is 1.94. The van der Waals surface area contributed by atoms with E-state index < -0.39 is 5.24 Å². The first kappa shape index (κ1) is 9.55. The fourth-order valence-corrected chi connectivity index (χ4v) is 1.81. The normalized spacial score (nSPS) is 10.7. The molecule has 2 aromatic rings. The van der Waals surface area contributed by atoms with Gasteiger partial charge in [0.15, 0.2) is 5.58 Å². The van der Waals surface area contributed by atoms with E-state index in [1.54, 1.807) is 17.8 Å². The van der Waals surface area contributed by atoms with Gasteiger partial charge < -0.3 is 4.42 Å². The molecule has 0 aliphatic carbocycles. The highest BCUT2D eigenvalue weighted by molar-refractivity contribution is 7.98. The van der Waals surface area contributed by atoms with Gasteiger partial charge in [-0.2, -0.15) is 0 Å². The third kappa shape index (κ3) is 1.51. The van der Waals surface area contributed by atoms with Crippen molar-refractivity contribution < 1.29 is 9.21 Å². The van der Waals surface area contributed by atoms with E-state index in [2.05, 4.69) is 4.98 Å². The number of benzene rings is 1. The Morgan fingerprint density at radius 3 is 3.00 bits per heavy atom. The lowest BCUT2D eigenvalue weighted by Gasteiger charge is -1.93. The summed E-state index contributed by atoms with van der Waals surface area (Å²) >= 11 is 6.81. The first-order valence-corrected chi connectivity index (χ1v) is 5.46. The van der Waals surface area contributed by atoms with Gasteiger partial charge in [0.25, 0.3) is 5.89 Å². The molecule has 0 radical (unpaired) electrons. The second kappa shape index (κ2) is 3.63. The molecule has 0 saturated carbocycles. The molecule has 1 aromatic heterocycles. The zero-order valence-electron chi connectivity index (χ0n) is 7.28. The average Bonchev–Trinajstić information content (AvgIpc) is 2.60. The van der Waals surface area contributed by atoms with Crippen molar-refractivity contribution in [1.82, 2.24) is 4.98 Å². The second-order valence-corrected chi connectivity index (χ2v) is 3.79. The summed E-state index contributed by atoms with van der Waals surface area (Å²) in [5.41, 5.74) is 1.27. The lowest BCUT2D eigenvalue weighted by molar-refractivity contribution is 0.105. The van der Waals surface area contributed by atoms with Crippen LogP contribution in [-0.2, 0) is 0 Å². The van der Waals surface area contributed by atoms with Crippen molar-refractivity contribution in [1.29, 1.82) is 0 Å². The van der Waals surface area contributed by atoms with Crippen LogP contribution in [0.25, 0.3) is 11.1 Å². The van der Waals surface area contributed by atoms with Crippen LogP contribution in [0.1, 0.15) is 10.7 Å². The minimum absolute atomic E-state index is 0.0526. The van der Waals surface area contributed by atoms with E-state index in [0.717, 1.165) is 4.90 Å². The van der Waals surface area contributed by atoms with Crippen LogP contribution >= 0.6 is 23.4 Å². The Labute approximate surface area is 89.4 Å². The van der Waals surface area contributed by atoms with Crippen molar-refractivity contribution >= 4 is 39.7 Å². The van der Waals surface area contributed by atoms with Gasteiger partial charge in [0, 0.05) is 4.90 Å². The molecule has 72 valence electrons. The van der Waals surface area contributed by atoms with Crippen LogP contribution in [0.3, 0.4) is 0 Å². The maximum absolute atomic E-state index is 10.8. The molecule has 0 N–H and O–H groups in total. The van der Waals surface area contributed by atoms with Crippen molar-refractivity contribution in [3.8, 4) is 0 Å². The summed E-state index contributed by atoms with van der Waals surface area (Å²) < 4.78 is 5.17. The molecule has 3 nitrogen and oxygen atoms in total. The lowest BCUT2D eigenvalue weighted by Crippen LogP contribution is -1.86. The highest BCUT2D eigenvalue weighted by atomic mass is 35.5. The van der Waals surface area contributed by atoms with Gasteiger partial charge in [-0.3, -0.25) is 4.79 Å². The van der Waals surface area contributed by atoms with Crippen molar-refractivity contribution in [3.63, 3.8) is 0 Å². The molecule has 0 amide bonds. The Hall–Kier alpha value is -1.000. The molecule has 0 fully saturated rings. The number of aromatic nitrogens is 1. The van der Waals surface area contributed by atoms with E-state index >= 15 is 0 Å². The predicted molar refractivity (Wildman–Crippen MR) is 56.0 cm³/mol. The lowest BCUT2D eigenvalue weighted by atomic mass is 10.3. The number of carbonyl (C=O) groups excluding carboxylic acids is 1. The standard InChI is InChI=1S/C9H6ClNO2S/c1-14-6-4-2-3-5-7(6)11-9(13-5)8(10)12/h2-4H,1H3. The third-order valence-electron chi connectivity index (χ3n) is 1.77. The van der Waals surface area contributed by atoms with Gasteiger partial charge >= 0.3 is 5.24 Å². The molecular formula is C9H6ClNO2S. The molecule has 0 spiro atoms. The number of fused-ring (bicyclic) bond motifs is 1. The van der Waals surface area contributed by atoms with E-state index in [1.165, 1.54) is 0 Å². The van der Waals surface area contributed by atoms with Gasteiger partial charge in [-0.25, -0.2) is 4.98 Å². The van der Waals surface area contributed by atoms with Crippen molar-refractivity contribution in [2.24, 2.45) is 0 Å². The number of nitrogens with zero attached hydrogens (tertiary/aromatic N) is 1. The van der Waals surface area contributed by atoms with Crippen molar-refractivity contribution in [3.05, 3.63) is 24.1 Å². The van der Waals surface area contributed by atoms with Gasteiger partial charge in [0.05, 0.1) is 0 Å². The molecule has 14 heavy (non-hydrogen) atoms. The molecule has 1 aromatic carbocycles. The molecule has 0 atom stereocenters.